The predicted octanol–water partition coefficient (Wildman–Crippen LogP) is 2.93. The number of benzene rings is 1. The lowest BCUT2D eigenvalue weighted by Gasteiger charge is -2.13. The lowest BCUT2D eigenvalue weighted by Crippen LogP contribution is -2.33. The van der Waals surface area contributed by atoms with Gasteiger partial charge in [-0.3, -0.25) is 4.79 Å². The molecule has 0 saturated heterocycles. The van der Waals surface area contributed by atoms with Gasteiger partial charge in [-0.15, -0.1) is 0 Å². The number of nitrogens with zero attached hydrogens (tertiary/aromatic N) is 2. The molecule has 1 amide bonds. The Hall–Kier alpha value is -2.83. The molecule has 0 unspecified atom stereocenters. The number of rotatable bonds is 4. The number of nitrogens with one attached hydrogen (secondary N) is 2. The van der Waals surface area contributed by atoms with E-state index in [2.05, 4.69) is 20.6 Å². The van der Waals surface area contributed by atoms with Gasteiger partial charge in [0.15, 0.2) is 11.5 Å². The fourth-order valence-corrected chi connectivity index (χ4v) is 3.17. The number of aromatic nitrogens is 2. The van der Waals surface area contributed by atoms with Crippen molar-refractivity contribution in [3.8, 4) is 11.5 Å². The quantitative estimate of drug-likeness (QED) is 0.890. The van der Waals surface area contributed by atoms with Gasteiger partial charge in [-0.1, -0.05) is 12.8 Å². The minimum absolute atomic E-state index is 0.147. The number of hydrogen-bond donors (Lipinski definition) is 2. The van der Waals surface area contributed by atoms with E-state index in [-0.39, 0.29) is 18.7 Å². The van der Waals surface area contributed by atoms with E-state index in [4.69, 9.17) is 9.47 Å². The third kappa shape index (κ3) is 3.50. The molecule has 1 fully saturated rings. The van der Waals surface area contributed by atoms with Crippen LogP contribution in [0.2, 0.25) is 0 Å². The van der Waals surface area contributed by atoms with Crippen molar-refractivity contribution in [2.75, 3.05) is 12.1 Å². The highest BCUT2D eigenvalue weighted by atomic mass is 16.7. The van der Waals surface area contributed by atoms with Crippen LogP contribution in [0, 0.1) is 6.92 Å². The molecule has 25 heavy (non-hydrogen) atoms. The number of aryl methyl sites for hydroxylation is 1. The van der Waals surface area contributed by atoms with Crippen LogP contribution in [0.4, 0.5) is 11.6 Å². The second kappa shape index (κ2) is 6.58. The summed E-state index contributed by atoms with van der Waals surface area (Å²) in [5.74, 6) is 1.63. The fourth-order valence-electron chi connectivity index (χ4n) is 3.17. The third-order valence-corrected chi connectivity index (χ3v) is 4.41. The molecule has 1 aromatic carbocycles. The summed E-state index contributed by atoms with van der Waals surface area (Å²) < 4.78 is 10.7. The highest BCUT2D eigenvalue weighted by Crippen LogP contribution is 2.34. The van der Waals surface area contributed by atoms with Crippen LogP contribution in [0.3, 0.4) is 0 Å². The Balaban J connectivity index is 1.51. The molecule has 4 rings (SSSR count). The van der Waals surface area contributed by atoms with Crippen LogP contribution in [0.15, 0.2) is 24.3 Å². The SMILES string of the molecule is Cc1cc(C(=O)NC2CCCC2)nc(Nc2ccc3c(c2)OCO3)n1. The Labute approximate surface area is 145 Å². The lowest BCUT2D eigenvalue weighted by molar-refractivity contribution is 0.0932. The maximum Gasteiger partial charge on any atom is 0.270 e. The van der Waals surface area contributed by atoms with Gasteiger partial charge in [-0.25, -0.2) is 9.97 Å². The molecule has 1 aromatic heterocycles. The van der Waals surface area contributed by atoms with Gasteiger partial charge >= 0.3 is 0 Å². The van der Waals surface area contributed by atoms with E-state index in [1.807, 2.05) is 25.1 Å². The Kier molecular flexibility index (Phi) is 4.13. The fraction of sp³-hybridized carbons (Fsp3) is 0.389. The van der Waals surface area contributed by atoms with Gasteiger partial charge in [0.1, 0.15) is 5.69 Å². The Morgan fingerprint density at radius 3 is 2.76 bits per heavy atom. The molecule has 0 atom stereocenters. The number of amides is 1. The van der Waals surface area contributed by atoms with Crippen LogP contribution in [-0.2, 0) is 0 Å². The molecule has 2 heterocycles. The van der Waals surface area contributed by atoms with Gasteiger partial charge in [0.05, 0.1) is 0 Å². The van der Waals surface area contributed by atoms with Gasteiger partial charge < -0.3 is 20.1 Å². The molecule has 7 heteroatoms. The van der Waals surface area contributed by atoms with Crippen molar-refractivity contribution in [2.45, 2.75) is 38.6 Å². The van der Waals surface area contributed by atoms with E-state index in [0.717, 1.165) is 24.2 Å². The van der Waals surface area contributed by atoms with Gasteiger partial charge in [0.25, 0.3) is 5.91 Å². The van der Waals surface area contributed by atoms with E-state index in [1.54, 1.807) is 6.07 Å². The van der Waals surface area contributed by atoms with Crippen LogP contribution in [0.1, 0.15) is 41.9 Å². The van der Waals surface area contributed by atoms with Crippen molar-refractivity contribution in [1.82, 2.24) is 15.3 Å². The summed E-state index contributed by atoms with van der Waals surface area (Å²) in [7, 11) is 0. The number of anilines is 2. The van der Waals surface area contributed by atoms with Crippen molar-refractivity contribution >= 4 is 17.5 Å². The zero-order valence-electron chi connectivity index (χ0n) is 14.0. The second-order valence-corrected chi connectivity index (χ2v) is 6.37. The molecule has 1 saturated carbocycles. The summed E-state index contributed by atoms with van der Waals surface area (Å²) in [5, 5.41) is 6.18. The molecule has 0 radical (unpaired) electrons. The molecule has 1 aliphatic heterocycles. The standard InChI is InChI=1S/C18H20N4O3/c1-11-8-14(17(23)20-12-4-2-3-5-12)22-18(19-11)21-13-6-7-15-16(9-13)25-10-24-15/h6-9,12H,2-5,10H2,1H3,(H,20,23)(H,19,21,22). The average Bonchev–Trinajstić information content (AvgIpc) is 3.25. The maximum atomic E-state index is 12.4. The molecule has 7 nitrogen and oxygen atoms in total. The van der Waals surface area contributed by atoms with Crippen LogP contribution in [0.5, 0.6) is 11.5 Å². The monoisotopic (exact) mass is 340 g/mol. The maximum absolute atomic E-state index is 12.4. The van der Waals surface area contributed by atoms with Crippen LogP contribution in [0.25, 0.3) is 0 Å². The average molecular weight is 340 g/mol. The second-order valence-electron chi connectivity index (χ2n) is 6.37. The van der Waals surface area contributed by atoms with Crippen LogP contribution in [-0.4, -0.2) is 28.7 Å². The lowest BCUT2D eigenvalue weighted by atomic mass is 10.2. The predicted molar refractivity (Wildman–Crippen MR) is 92.3 cm³/mol. The minimum Gasteiger partial charge on any atom is -0.454 e. The van der Waals surface area contributed by atoms with E-state index < -0.39 is 0 Å². The Morgan fingerprint density at radius 2 is 1.92 bits per heavy atom. The molecule has 2 aromatic rings. The topological polar surface area (TPSA) is 85.4 Å². The highest BCUT2D eigenvalue weighted by Gasteiger charge is 2.20. The normalized spacial score (nSPS) is 16.0. The summed E-state index contributed by atoms with van der Waals surface area (Å²) in [4.78, 5) is 21.2. The van der Waals surface area contributed by atoms with E-state index in [1.165, 1.54) is 12.8 Å². The molecule has 2 N–H and O–H groups in total. The summed E-state index contributed by atoms with van der Waals surface area (Å²) in [6, 6.07) is 7.47. The van der Waals surface area contributed by atoms with Crippen molar-refractivity contribution in [2.24, 2.45) is 0 Å². The first-order chi connectivity index (χ1) is 12.2. The van der Waals surface area contributed by atoms with Crippen molar-refractivity contribution < 1.29 is 14.3 Å². The number of ether oxygens (including phenoxy) is 2. The largest absolute Gasteiger partial charge is 0.454 e. The number of fused-ring (bicyclic) bond motifs is 1. The highest BCUT2D eigenvalue weighted by molar-refractivity contribution is 5.93. The van der Waals surface area contributed by atoms with Crippen molar-refractivity contribution in [1.29, 1.82) is 0 Å². The Morgan fingerprint density at radius 1 is 1.12 bits per heavy atom. The molecular formula is C18H20N4O3. The summed E-state index contributed by atoms with van der Waals surface area (Å²) in [6.07, 6.45) is 4.42. The van der Waals surface area contributed by atoms with E-state index >= 15 is 0 Å². The smallest absolute Gasteiger partial charge is 0.270 e. The Bertz CT molecular complexity index is 803. The van der Waals surface area contributed by atoms with Gasteiger partial charge in [0.2, 0.25) is 12.7 Å². The first kappa shape index (κ1) is 15.7. The van der Waals surface area contributed by atoms with Crippen molar-refractivity contribution in [3.63, 3.8) is 0 Å². The number of carbonyl (C=O) groups excluding carboxylic acids is 1. The van der Waals surface area contributed by atoms with E-state index in [0.29, 0.717) is 23.1 Å². The van der Waals surface area contributed by atoms with Crippen molar-refractivity contribution in [3.05, 3.63) is 35.7 Å². The zero-order chi connectivity index (χ0) is 17.2. The molecule has 0 spiro atoms. The number of carbonyl (C=O) groups is 1. The first-order valence-electron chi connectivity index (χ1n) is 8.50. The third-order valence-electron chi connectivity index (χ3n) is 4.41. The van der Waals surface area contributed by atoms with E-state index in [9.17, 15) is 4.79 Å². The van der Waals surface area contributed by atoms with Crippen LogP contribution < -0.4 is 20.1 Å². The molecule has 1 aliphatic carbocycles. The first-order valence-corrected chi connectivity index (χ1v) is 8.50. The number of hydrogen-bond acceptors (Lipinski definition) is 6. The van der Waals surface area contributed by atoms with Crippen LogP contribution >= 0.6 is 0 Å². The summed E-state index contributed by atoms with van der Waals surface area (Å²) in [5.41, 5.74) is 1.88. The van der Waals surface area contributed by atoms with Gasteiger partial charge in [-0.05, 0) is 38.0 Å². The minimum atomic E-state index is -0.147. The summed E-state index contributed by atoms with van der Waals surface area (Å²) >= 11 is 0. The zero-order valence-corrected chi connectivity index (χ0v) is 14.0. The molecule has 0 bridgehead atoms. The molecule has 2 aliphatic rings. The molecular weight excluding hydrogens is 320 g/mol. The summed E-state index contributed by atoms with van der Waals surface area (Å²) in [6.45, 7) is 2.07. The molecule has 130 valence electrons. The van der Waals surface area contributed by atoms with Gasteiger partial charge in [-0.2, -0.15) is 0 Å². The van der Waals surface area contributed by atoms with Gasteiger partial charge in [0, 0.05) is 23.5 Å².